The van der Waals surface area contributed by atoms with Gasteiger partial charge in [-0.1, -0.05) is 18.2 Å². The number of hydrogen-bond donors (Lipinski definition) is 1. The van der Waals surface area contributed by atoms with Crippen molar-refractivity contribution in [1.29, 1.82) is 0 Å². The normalized spacial score (nSPS) is 10.7. The van der Waals surface area contributed by atoms with E-state index in [1.807, 2.05) is 5.32 Å². The van der Waals surface area contributed by atoms with Crippen LogP contribution < -0.4 is 10.9 Å². The molecule has 2 aromatic carbocycles. The van der Waals surface area contributed by atoms with E-state index in [1.54, 1.807) is 24.3 Å². The highest BCUT2D eigenvalue weighted by molar-refractivity contribution is 6.00. The molecule has 1 heterocycles. The first-order chi connectivity index (χ1) is 13.3. The van der Waals surface area contributed by atoms with Crippen molar-refractivity contribution in [1.82, 2.24) is 4.90 Å². The van der Waals surface area contributed by atoms with Crippen molar-refractivity contribution < 1.29 is 27.2 Å². The second kappa shape index (κ2) is 7.55. The fourth-order valence-corrected chi connectivity index (χ4v) is 2.52. The molecule has 0 aliphatic carbocycles. The van der Waals surface area contributed by atoms with Gasteiger partial charge in [-0.05, 0) is 24.3 Å². The number of benzene rings is 2. The van der Waals surface area contributed by atoms with E-state index in [-0.39, 0.29) is 5.56 Å². The summed E-state index contributed by atoms with van der Waals surface area (Å²) in [5.41, 5.74) is -1.43. The van der Waals surface area contributed by atoms with Crippen molar-refractivity contribution in [2.75, 3.05) is 18.9 Å². The number of hydrogen-bond acceptors (Lipinski definition) is 4. The van der Waals surface area contributed by atoms with Gasteiger partial charge in [0.15, 0.2) is 17.5 Å². The first-order valence-corrected chi connectivity index (χ1v) is 7.99. The van der Waals surface area contributed by atoms with Gasteiger partial charge in [-0.2, -0.15) is 0 Å². The largest absolute Gasteiger partial charge is 0.422 e. The average molecular weight is 390 g/mol. The molecule has 0 saturated heterocycles. The van der Waals surface area contributed by atoms with E-state index < -0.39 is 47.1 Å². The van der Waals surface area contributed by atoms with E-state index in [4.69, 9.17) is 4.42 Å². The third-order valence-electron chi connectivity index (χ3n) is 3.91. The van der Waals surface area contributed by atoms with Gasteiger partial charge in [0.25, 0.3) is 5.91 Å². The zero-order valence-electron chi connectivity index (χ0n) is 14.5. The molecule has 0 fully saturated rings. The summed E-state index contributed by atoms with van der Waals surface area (Å²) in [6, 6.07) is 9.43. The summed E-state index contributed by atoms with van der Waals surface area (Å²) < 4.78 is 44.8. The Balaban J connectivity index is 1.76. The third kappa shape index (κ3) is 3.73. The number of para-hydroxylation sites is 1. The molecule has 0 saturated carbocycles. The van der Waals surface area contributed by atoms with E-state index in [0.29, 0.717) is 17.0 Å². The van der Waals surface area contributed by atoms with Crippen LogP contribution in [0.1, 0.15) is 10.4 Å². The predicted octanol–water partition coefficient (Wildman–Crippen LogP) is 2.92. The first-order valence-electron chi connectivity index (χ1n) is 7.99. The number of fused-ring (bicyclic) bond motifs is 1. The molecule has 2 amide bonds. The van der Waals surface area contributed by atoms with E-state index in [9.17, 15) is 27.6 Å². The van der Waals surface area contributed by atoms with E-state index >= 15 is 0 Å². The van der Waals surface area contributed by atoms with Gasteiger partial charge in [0.2, 0.25) is 5.91 Å². The van der Waals surface area contributed by atoms with Crippen molar-refractivity contribution in [3.05, 3.63) is 75.9 Å². The molecule has 1 aromatic heterocycles. The SMILES string of the molecule is CN(CC(=O)Nc1ccc(F)c(F)c1F)C(=O)c1cc2ccccc2oc1=O. The zero-order valence-corrected chi connectivity index (χ0v) is 14.5. The van der Waals surface area contributed by atoms with Gasteiger partial charge < -0.3 is 14.6 Å². The number of amides is 2. The highest BCUT2D eigenvalue weighted by Crippen LogP contribution is 2.19. The number of carbonyl (C=O) groups excluding carboxylic acids is 2. The van der Waals surface area contributed by atoms with Gasteiger partial charge in [0.05, 0.1) is 12.2 Å². The smallest absolute Gasteiger partial charge is 0.349 e. The van der Waals surface area contributed by atoms with Crippen molar-refractivity contribution in [2.24, 2.45) is 0 Å². The summed E-state index contributed by atoms with van der Waals surface area (Å²) in [6.07, 6.45) is 0. The Bertz CT molecular complexity index is 1140. The highest BCUT2D eigenvalue weighted by atomic mass is 19.2. The number of nitrogens with zero attached hydrogens (tertiary/aromatic N) is 1. The Kier molecular flexibility index (Phi) is 5.16. The molecule has 3 aromatic rings. The van der Waals surface area contributed by atoms with Gasteiger partial charge in [-0.3, -0.25) is 9.59 Å². The fraction of sp³-hybridized carbons (Fsp3) is 0.105. The summed E-state index contributed by atoms with van der Waals surface area (Å²) in [5, 5.41) is 2.56. The molecule has 144 valence electrons. The van der Waals surface area contributed by atoms with Gasteiger partial charge in [-0.25, -0.2) is 18.0 Å². The summed E-state index contributed by atoms with van der Waals surface area (Å²) in [6.45, 7) is -0.566. The second-order valence-corrected chi connectivity index (χ2v) is 5.92. The predicted molar refractivity (Wildman–Crippen MR) is 94.4 cm³/mol. The third-order valence-corrected chi connectivity index (χ3v) is 3.91. The van der Waals surface area contributed by atoms with E-state index in [2.05, 4.69) is 0 Å². The molecule has 9 heteroatoms. The molecular weight excluding hydrogens is 377 g/mol. The average Bonchev–Trinajstić information content (AvgIpc) is 2.67. The van der Waals surface area contributed by atoms with Crippen LogP contribution in [-0.2, 0) is 4.79 Å². The van der Waals surface area contributed by atoms with E-state index in [1.165, 1.54) is 13.1 Å². The molecule has 1 N–H and O–H groups in total. The molecule has 0 unspecified atom stereocenters. The van der Waals surface area contributed by atoms with Crippen molar-refractivity contribution in [3.8, 4) is 0 Å². The summed E-state index contributed by atoms with van der Waals surface area (Å²) in [4.78, 5) is 37.4. The summed E-state index contributed by atoms with van der Waals surface area (Å²) >= 11 is 0. The maximum absolute atomic E-state index is 13.6. The minimum absolute atomic E-state index is 0.284. The number of halogens is 3. The van der Waals surface area contributed by atoms with Crippen LogP contribution in [-0.4, -0.2) is 30.3 Å². The second-order valence-electron chi connectivity index (χ2n) is 5.92. The topological polar surface area (TPSA) is 79.6 Å². The van der Waals surface area contributed by atoms with Crippen LogP contribution in [0.25, 0.3) is 11.0 Å². The van der Waals surface area contributed by atoms with Crippen LogP contribution in [0, 0.1) is 17.5 Å². The number of likely N-dealkylation sites (N-methyl/N-ethyl adjacent to an activating group) is 1. The minimum atomic E-state index is -1.73. The maximum Gasteiger partial charge on any atom is 0.349 e. The lowest BCUT2D eigenvalue weighted by atomic mass is 10.1. The maximum atomic E-state index is 13.6. The number of carbonyl (C=O) groups is 2. The lowest BCUT2D eigenvalue weighted by Crippen LogP contribution is -2.37. The Labute approximate surface area is 156 Å². The van der Waals surface area contributed by atoms with Crippen LogP contribution in [0.2, 0.25) is 0 Å². The number of anilines is 1. The Hall–Kier alpha value is -3.62. The first kappa shape index (κ1) is 19.2. The molecule has 3 rings (SSSR count). The van der Waals surface area contributed by atoms with Crippen LogP contribution in [0.15, 0.2) is 51.7 Å². The van der Waals surface area contributed by atoms with Crippen molar-refractivity contribution in [2.45, 2.75) is 0 Å². The molecule has 0 radical (unpaired) electrons. The van der Waals surface area contributed by atoms with Gasteiger partial charge >= 0.3 is 5.63 Å². The zero-order chi connectivity index (χ0) is 20.4. The van der Waals surface area contributed by atoms with Gasteiger partial charge in [-0.15, -0.1) is 0 Å². The number of nitrogens with one attached hydrogen (secondary N) is 1. The quantitative estimate of drug-likeness (QED) is 0.549. The lowest BCUT2D eigenvalue weighted by molar-refractivity contribution is -0.116. The van der Waals surface area contributed by atoms with Crippen LogP contribution in [0.4, 0.5) is 18.9 Å². The lowest BCUT2D eigenvalue weighted by Gasteiger charge is -2.16. The monoisotopic (exact) mass is 390 g/mol. The van der Waals surface area contributed by atoms with Crippen molar-refractivity contribution >= 4 is 28.5 Å². The molecule has 6 nitrogen and oxygen atoms in total. The standard InChI is InChI=1S/C19H13F3N2O4/c1-24(9-15(25)23-13-7-6-12(20)16(21)17(13)22)18(26)11-8-10-4-2-3-5-14(10)28-19(11)27/h2-8H,9H2,1H3,(H,23,25). The van der Waals surface area contributed by atoms with Gasteiger partial charge in [0.1, 0.15) is 11.1 Å². The molecule has 0 bridgehead atoms. The Morgan fingerprint density at radius 1 is 1.07 bits per heavy atom. The minimum Gasteiger partial charge on any atom is -0.422 e. The van der Waals surface area contributed by atoms with Crippen LogP contribution >= 0.6 is 0 Å². The van der Waals surface area contributed by atoms with Gasteiger partial charge in [0, 0.05) is 12.4 Å². The summed E-state index contributed by atoms with van der Waals surface area (Å²) in [5.74, 6) is -6.34. The van der Waals surface area contributed by atoms with Crippen LogP contribution in [0.3, 0.4) is 0 Å². The Morgan fingerprint density at radius 2 is 1.79 bits per heavy atom. The summed E-state index contributed by atoms with van der Waals surface area (Å²) in [7, 11) is 1.25. The molecule has 0 spiro atoms. The molecule has 0 aliphatic heterocycles. The molecule has 28 heavy (non-hydrogen) atoms. The Morgan fingerprint density at radius 3 is 2.54 bits per heavy atom. The molecule has 0 atom stereocenters. The molecular formula is C19H13F3N2O4. The van der Waals surface area contributed by atoms with E-state index in [0.717, 1.165) is 11.0 Å². The fourth-order valence-electron chi connectivity index (χ4n) is 2.52. The van der Waals surface area contributed by atoms with Crippen LogP contribution in [0.5, 0.6) is 0 Å². The number of rotatable bonds is 4. The van der Waals surface area contributed by atoms with Crippen molar-refractivity contribution in [3.63, 3.8) is 0 Å². The highest BCUT2D eigenvalue weighted by Gasteiger charge is 2.21. The molecule has 0 aliphatic rings.